The standard InChI is InChI=1S/C23H34N2O3/c1-5-6-17-7-8-18-14-23(11-9-19(28-4)10-12-23)21(20(18)13-17)24-22(27)25(15-26)16(2)3/h7-8,13,15-16,19,21H,5-6,9-12,14H2,1-4H3,(H,24,27)/t19-,21?,23-. The number of hydrogen-bond donors (Lipinski definition) is 1. The molecule has 0 heterocycles. The summed E-state index contributed by atoms with van der Waals surface area (Å²) >= 11 is 0. The van der Waals surface area contributed by atoms with Crippen LogP contribution in [0.4, 0.5) is 4.79 Å². The van der Waals surface area contributed by atoms with Crippen LogP contribution in [0, 0.1) is 5.41 Å². The second-order valence-electron chi connectivity index (χ2n) is 8.75. The van der Waals surface area contributed by atoms with Crippen LogP contribution in [0.15, 0.2) is 18.2 Å². The third-order valence-electron chi connectivity index (χ3n) is 6.65. The fourth-order valence-corrected chi connectivity index (χ4v) is 5.03. The maximum Gasteiger partial charge on any atom is 0.324 e. The highest BCUT2D eigenvalue weighted by atomic mass is 16.5. The number of imide groups is 1. The molecule has 1 atom stereocenters. The fourth-order valence-electron chi connectivity index (χ4n) is 5.03. The smallest absolute Gasteiger partial charge is 0.324 e. The first kappa shape index (κ1) is 20.8. The van der Waals surface area contributed by atoms with E-state index in [-0.39, 0.29) is 23.5 Å². The van der Waals surface area contributed by atoms with Gasteiger partial charge in [0.25, 0.3) is 0 Å². The molecule has 1 spiro atoms. The minimum Gasteiger partial charge on any atom is -0.381 e. The number of carbonyl (C=O) groups is 2. The van der Waals surface area contributed by atoms with Crippen LogP contribution in [-0.2, 0) is 22.4 Å². The highest BCUT2D eigenvalue weighted by molar-refractivity contribution is 5.85. The molecule has 1 fully saturated rings. The normalized spacial score (nSPS) is 26.3. The number of amides is 3. The molecule has 0 aromatic heterocycles. The number of aryl methyl sites for hydroxylation is 1. The molecule has 1 unspecified atom stereocenters. The van der Waals surface area contributed by atoms with Gasteiger partial charge in [0.05, 0.1) is 12.1 Å². The molecule has 1 aromatic rings. The average Bonchev–Trinajstić information content (AvgIpc) is 2.96. The van der Waals surface area contributed by atoms with Crippen molar-refractivity contribution in [3.8, 4) is 0 Å². The Balaban J connectivity index is 1.92. The summed E-state index contributed by atoms with van der Waals surface area (Å²) in [6.07, 6.45) is 8.15. The molecule has 0 aliphatic heterocycles. The number of benzene rings is 1. The molecule has 1 N–H and O–H groups in total. The van der Waals surface area contributed by atoms with Crippen molar-refractivity contribution in [3.63, 3.8) is 0 Å². The van der Waals surface area contributed by atoms with Gasteiger partial charge in [-0.15, -0.1) is 0 Å². The maximum absolute atomic E-state index is 12.9. The predicted octanol–water partition coefficient (Wildman–Crippen LogP) is 4.39. The quantitative estimate of drug-likeness (QED) is 0.738. The Kier molecular flexibility index (Phi) is 6.43. The third kappa shape index (κ3) is 3.95. The van der Waals surface area contributed by atoms with Crippen molar-refractivity contribution < 1.29 is 14.3 Å². The third-order valence-corrected chi connectivity index (χ3v) is 6.65. The average molecular weight is 387 g/mol. The van der Waals surface area contributed by atoms with Gasteiger partial charge in [0, 0.05) is 13.2 Å². The zero-order chi connectivity index (χ0) is 20.3. The van der Waals surface area contributed by atoms with Crippen molar-refractivity contribution in [1.29, 1.82) is 0 Å². The Morgan fingerprint density at radius 3 is 2.64 bits per heavy atom. The lowest BCUT2D eigenvalue weighted by molar-refractivity contribution is -0.116. The zero-order valence-corrected chi connectivity index (χ0v) is 17.7. The van der Waals surface area contributed by atoms with Crippen LogP contribution in [0.25, 0.3) is 0 Å². The molecular formula is C23H34N2O3. The van der Waals surface area contributed by atoms with Gasteiger partial charge in [-0.1, -0.05) is 31.5 Å². The van der Waals surface area contributed by atoms with Crippen molar-refractivity contribution in [2.24, 2.45) is 5.41 Å². The molecular weight excluding hydrogens is 352 g/mol. The number of nitrogens with zero attached hydrogens (tertiary/aromatic N) is 1. The molecule has 0 saturated heterocycles. The van der Waals surface area contributed by atoms with E-state index in [1.807, 2.05) is 13.8 Å². The maximum atomic E-state index is 12.9. The number of urea groups is 1. The van der Waals surface area contributed by atoms with Crippen molar-refractivity contribution in [1.82, 2.24) is 10.2 Å². The molecule has 3 rings (SSSR count). The summed E-state index contributed by atoms with van der Waals surface area (Å²) in [6, 6.07) is 6.25. The molecule has 2 aliphatic rings. The number of ether oxygens (including phenoxy) is 1. The Labute approximate surface area is 168 Å². The Morgan fingerprint density at radius 1 is 1.36 bits per heavy atom. The van der Waals surface area contributed by atoms with E-state index in [9.17, 15) is 9.59 Å². The number of nitrogens with one attached hydrogen (secondary N) is 1. The van der Waals surface area contributed by atoms with E-state index in [1.165, 1.54) is 21.6 Å². The number of carbonyl (C=O) groups excluding carboxylic acids is 2. The number of rotatable bonds is 6. The monoisotopic (exact) mass is 386 g/mol. The summed E-state index contributed by atoms with van der Waals surface area (Å²) in [7, 11) is 1.78. The van der Waals surface area contributed by atoms with E-state index in [0.717, 1.165) is 44.9 Å². The molecule has 154 valence electrons. The van der Waals surface area contributed by atoms with Crippen LogP contribution < -0.4 is 5.32 Å². The van der Waals surface area contributed by atoms with Gasteiger partial charge in [-0.05, 0) is 74.5 Å². The second kappa shape index (κ2) is 8.64. The van der Waals surface area contributed by atoms with E-state index in [4.69, 9.17) is 4.74 Å². The summed E-state index contributed by atoms with van der Waals surface area (Å²) in [6.45, 7) is 5.90. The first-order valence-corrected chi connectivity index (χ1v) is 10.6. The van der Waals surface area contributed by atoms with Gasteiger partial charge in [-0.3, -0.25) is 9.69 Å². The first-order valence-electron chi connectivity index (χ1n) is 10.6. The van der Waals surface area contributed by atoms with Gasteiger partial charge in [0.2, 0.25) is 6.41 Å². The van der Waals surface area contributed by atoms with Gasteiger partial charge in [-0.25, -0.2) is 4.79 Å². The molecule has 5 heteroatoms. The van der Waals surface area contributed by atoms with Crippen LogP contribution in [0.2, 0.25) is 0 Å². The summed E-state index contributed by atoms with van der Waals surface area (Å²) < 4.78 is 5.58. The summed E-state index contributed by atoms with van der Waals surface area (Å²) in [5, 5.41) is 3.25. The molecule has 28 heavy (non-hydrogen) atoms. The van der Waals surface area contributed by atoms with E-state index in [1.54, 1.807) is 7.11 Å². The van der Waals surface area contributed by atoms with Crippen LogP contribution in [0.5, 0.6) is 0 Å². The van der Waals surface area contributed by atoms with Gasteiger partial charge >= 0.3 is 6.03 Å². The van der Waals surface area contributed by atoms with E-state index in [0.29, 0.717) is 12.5 Å². The van der Waals surface area contributed by atoms with Gasteiger partial charge in [0.1, 0.15) is 0 Å². The number of hydrogen-bond acceptors (Lipinski definition) is 3. The molecule has 0 bridgehead atoms. The molecule has 5 nitrogen and oxygen atoms in total. The SMILES string of the molecule is CCCc1ccc2c(c1)C(NC(=O)N(C=O)C(C)C)[C@]1(CC[C@H](OC)CC1)C2. The van der Waals surface area contributed by atoms with Gasteiger partial charge < -0.3 is 10.1 Å². The minimum absolute atomic E-state index is 0.0173. The lowest BCUT2D eigenvalue weighted by atomic mass is 9.68. The largest absolute Gasteiger partial charge is 0.381 e. The van der Waals surface area contributed by atoms with Crippen molar-refractivity contribution in [3.05, 3.63) is 34.9 Å². The van der Waals surface area contributed by atoms with Gasteiger partial charge in [-0.2, -0.15) is 0 Å². The lowest BCUT2D eigenvalue weighted by Crippen LogP contribution is -2.48. The van der Waals surface area contributed by atoms with E-state index in [2.05, 4.69) is 30.4 Å². The number of fused-ring (bicyclic) bond motifs is 1. The first-order chi connectivity index (χ1) is 13.4. The Morgan fingerprint density at radius 2 is 2.07 bits per heavy atom. The summed E-state index contributed by atoms with van der Waals surface area (Å²) in [5.41, 5.74) is 3.91. The van der Waals surface area contributed by atoms with E-state index < -0.39 is 0 Å². The molecule has 1 aromatic carbocycles. The highest BCUT2D eigenvalue weighted by Crippen LogP contribution is 2.54. The fraction of sp³-hybridized carbons (Fsp3) is 0.652. The van der Waals surface area contributed by atoms with Crippen molar-refractivity contribution in [2.45, 2.75) is 83.9 Å². The topological polar surface area (TPSA) is 58.6 Å². The molecule has 3 amide bonds. The molecule has 2 aliphatic carbocycles. The van der Waals surface area contributed by atoms with E-state index >= 15 is 0 Å². The van der Waals surface area contributed by atoms with Crippen LogP contribution in [-0.4, -0.2) is 36.6 Å². The second-order valence-corrected chi connectivity index (χ2v) is 8.75. The summed E-state index contributed by atoms with van der Waals surface area (Å²) in [4.78, 5) is 25.6. The number of methoxy groups -OCH3 is 1. The Hall–Kier alpha value is -1.88. The summed E-state index contributed by atoms with van der Waals surface area (Å²) in [5.74, 6) is 0. The van der Waals surface area contributed by atoms with Crippen molar-refractivity contribution >= 4 is 12.4 Å². The molecule has 0 radical (unpaired) electrons. The van der Waals surface area contributed by atoms with Gasteiger partial charge in [0.15, 0.2) is 0 Å². The minimum atomic E-state index is -0.294. The van der Waals surface area contributed by atoms with Crippen molar-refractivity contribution in [2.75, 3.05) is 7.11 Å². The van der Waals surface area contributed by atoms with Crippen LogP contribution in [0.3, 0.4) is 0 Å². The Bertz CT molecular complexity index is 708. The molecule has 1 saturated carbocycles. The zero-order valence-electron chi connectivity index (χ0n) is 17.7. The van der Waals surface area contributed by atoms with Crippen LogP contribution >= 0.6 is 0 Å². The highest BCUT2D eigenvalue weighted by Gasteiger charge is 2.49. The lowest BCUT2D eigenvalue weighted by Gasteiger charge is -2.42. The predicted molar refractivity (Wildman–Crippen MR) is 110 cm³/mol. The van der Waals surface area contributed by atoms with Crippen LogP contribution in [0.1, 0.15) is 75.6 Å².